The zero-order chi connectivity index (χ0) is 20.4. The zero-order valence-electron chi connectivity index (χ0n) is 17.1. The second-order valence-electron chi connectivity index (χ2n) is 8.28. The number of carbonyl (C=O) groups is 2. The lowest BCUT2D eigenvalue weighted by molar-refractivity contribution is -0.174. The maximum atomic E-state index is 13.2. The molecule has 154 valence electrons. The molecule has 0 unspecified atom stereocenters. The summed E-state index contributed by atoms with van der Waals surface area (Å²) in [5.41, 5.74) is 1.19. The summed E-state index contributed by atoms with van der Waals surface area (Å²) in [6, 6.07) is 12.5. The summed E-state index contributed by atoms with van der Waals surface area (Å²) in [6.45, 7) is 1.28. The Morgan fingerprint density at radius 1 is 1.21 bits per heavy atom. The normalized spacial score (nSPS) is 22.2. The van der Waals surface area contributed by atoms with E-state index in [0.29, 0.717) is 26.1 Å². The highest BCUT2D eigenvalue weighted by molar-refractivity contribution is 7.13. The first kappa shape index (κ1) is 20.1. The molecule has 2 fully saturated rings. The number of benzene rings is 1. The quantitative estimate of drug-likeness (QED) is 0.756. The van der Waals surface area contributed by atoms with Gasteiger partial charge in [-0.3, -0.25) is 9.59 Å². The maximum absolute atomic E-state index is 13.2. The third kappa shape index (κ3) is 4.09. The molecule has 1 aliphatic carbocycles. The summed E-state index contributed by atoms with van der Waals surface area (Å²) in [5.74, 6) is 0.236. The molecule has 0 radical (unpaired) electrons. The topological polar surface area (TPSA) is 49.9 Å². The van der Waals surface area contributed by atoms with Gasteiger partial charge in [-0.05, 0) is 35.4 Å². The molecule has 1 aromatic carbocycles. The minimum absolute atomic E-state index is 0.0778. The second kappa shape index (κ2) is 8.28. The van der Waals surface area contributed by atoms with Crippen LogP contribution in [0.3, 0.4) is 0 Å². The van der Waals surface area contributed by atoms with E-state index in [-0.39, 0.29) is 17.7 Å². The van der Waals surface area contributed by atoms with Crippen LogP contribution in [0.25, 0.3) is 10.4 Å². The highest BCUT2D eigenvalue weighted by Gasteiger charge is 2.47. The highest BCUT2D eigenvalue weighted by atomic mass is 32.1. The lowest BCUT2D eigenvalue weighted by atomic mass is 9.83. The van der Waals surface area contributed by atoms with E-state index in [2.05, 4.69) is 35.7 Å². The summed E-state index contributed by atoms with van der Waals surface area (Å²) in [7, 11) is 3.50. The van der Waals surface area contributed by atoms with Gasteiger partial charge in [0.15, 0.2) is 5.60 Å². The number of likely N-dealkylation sites (N-methyl/N-ethyl adjacent to an activating group) is 1. The van der Waals surface area contributed by atoms with Crippen molar-refractivity contribution in [2.75, 3.05) is 33.8 Å². The zero-order valence-corrected chi connectivity index (χ0v) is 17.9. The molecule has 2 amide bonds. The second-order valence-corrected chi connectivity index (χ2v) is 9.23. The van der Waals surface area contributed by atoms with Crippen LogP contribution in [-0.2, 0) is 20.7 Å². The SMILES string of the molecule is CN(C)C(=O)[C@@]1(Cc2ccc(-c3cccs3)cc2)CN(C(=O)C2CCC2)CCO1. The molecule has 0 N–H and O–H groups in total. The monoisotopic (exact) mass is 412 g/mol. The summed E-state index contributed by atoms with van der Waals surface area (Å²) < 4.78 is 6.12. The van der Waals surface area contributed by atoms with Gasteiger partial charge >= 0.3 is 0 Å². The number of nitrogens with zero attached hydrogens (tertiary/aromatic N) is 2. The number of rotatable bonds is 5. The van der Waals surface area contributed by atoms with Crippen LogP contribution in [0.15, 0.2) is 41.8 Å². The first-order chi connectivity index (χ1) is 14.0. The van der Waals surface area contributed by atoms with Crippen LogP contribution in [0.2, 0.25) is 0 Å². The van der Waals surface area contributed by atoms with Crippen LogP contribution in [0.4, 0.5) is 0 Å². The van der Waals surface area contributed by atoms with Gasteiger partial charge in [-0.2, -0.15) is 0 Å². The molecule has 4 rings (SSSR count). The third-order valence-electron chi connectivity index (χ3n) is 6.00. The van der Waals surface area contributed by atoms with Gasteiger partial charge in [0.2, 0.25) is 5.91 Å². The van der Waals surface area contributed by atoms with Gasteiger partial charge in [0.1, 0.15) is 0 Å². The van der Waals surface area contributed by atoms with E-state index in [1.807, 2.05) is 11.0 Å². The molecule has 2 heterocycles. The first-order valence-electron chi connectivity index (χ1n) is 10.3. The van der Waals surface area contributed by atoms with Crippen molar-refractivity contribution in [3.63, 3.8) is 0 Å². The number of carbonyl (C=O) groups excluding carboxylic acids is 2. The van der Waals surface area contributed by atoms with Gasteiger partial charge in [-0.15, -0.1) is 11.3 Å². The van der Waals surface area contributed by atoms with E-state index in [9.17, 15) is 9.59 Å². The molecule has 1 saturated heterocycles. The lowest BCUT2D eigenvalue weighted by Gasteiger charge is -2.44. The minimum Gasteiger partial charge on any atom is -0.361 e. The van der Waals surface area contributed by atoms with E-state index in [1.54, 1.807) is 30.3 Å². The molecule has 1 atom stereocenters. The van der Waals surface area contributed by atoms with Crippen LogP contribution >= 0.6 is 11.3 Å². The molecule has 6 heteroatoms. The first-order valence-corrected chi connectivity index (χ1v) is 11.1. The summed E-state index contributed by atoms with van der Waals surface area (Å²) in [5, 5.41) is 2.07. The Labute approximate surface area is 176 Å². The summed E-state index contributed by atoms with van der Waals surface area (Å²) in [6.07, 6.45) is 3.52. The molecule has 5 nitrogen and oxygen atoms in total. The Morgan fingerprint density at radius 2 is 1.97 bits per heavy atom. The van der Waals surface area contributed by atoms with Gasteiger partial charge in [-0.1, -0.05) is 36.8 Å². The Kier molecular flexibility index (Phi) is 5.74. The number of morpholine rings is 1. The average molecular weight is 413 g/mol. The van der Waals surface area contributed by atoms with E-state index < -0.39 is 5.60 Å². The average Bonchev–Trinajstić information content (AvgIpc) is 3.21. The Hall–Kier alpha value is -2.18. The third-order valence-corrected chi connectivity index (χ3v) is 6.92. The number of thiophene rings is 1. The Morgan fingerprint density at radius 3 is 2.55 bits per heavy atom. The standard InChI is InChI=1S/C23H28N2O3S/c1-24(2)22(27)23(16-25(12-13-28-23)21(26)19-5-3-6-19)15-17-8-10-18(11-9-17)20-7-4-14-29-20/h4,7-11,14,19H,3,5-6,12-13,15-16H2,1-2H3/t23-/m1/s1. The molecule has 1 saturated carbocycles. The van der Waals surface area contributed by atoms with Crippen LogP contribution in [-0.4, -0.2) is 61.0 Å². The fourth-order valence-electron chi connectivity index (χ4n) is 4.16. The molecular formula is C23H28N2O3S. The van der Waals surface area contributed by atoms with E-state index >= 15 is 0 Å². The van der Waals surface area contributed by atoms with Crippen molar-refractivity contribution in [2.45, 2.75) is 31.3 Å². The molecule has 29 heavy (non-hydrogen) atoms. The van der Waals surface area contributed by atoms with E-state index in [0.717, 1.165) is 24.8 Å². The Balaban J connectivity index is 1.56. The smallest absolute Gasteiger partial charge is 0.256 e. The van der Waals surface area contributed by atoms with Crippen molar-refractivity contribution in [3.8, 4) is 10.4 Å². The summed E-state index contributed by atoms with van der Waals surface area (Å²) in [4.78, 5) is 30.7. The predicted molar refractivity (Wildman–Crippen MR) is 115 cm³/mol. The molecule has 2 aromatic rings. The van der Waals surface area contributed by atoms with Crippen LogP contribution in [0.1, 0.15) is 24.8 Å². The number of hydrogen-bond donors (Lipinski definition) is 0. The molecule has 1 aromatic heterocycles. The molecule has 0 bridgehead atoms. The van der Waals surface area contributed by atoms with Crippen molar-refractivity contribution in [3.05, 3.63) is 47.3 Å². The van der Waals surface area contributed by atoms with Crippen LogP contribution in [0.5, 0.6) is 0 Å². The van der Waals surface area contributed by atoms with Gasteiger partial charge in [0, 0.05) is 37.9 Å². The fraction of sp³-hybridized carbons (Fsp3) is 0.478. The number of amides is 2. The van der Waals surface area contributed by atoms with Gasteiger partial charge in [0.05, 0.1) is 13.2 Å². The fourth-order valence-corrected chi connectivity index (χ4v) is 4.90. The minimum atomic E-state index is -1.02. The van der Waals surface area contributed by atoms with Crippen molar-refractivity contribution in [1.82, 2.24) is 9.80 Å². The number of hydrogen-bond acceptors (Lipinski definition) is 4. The van der Waals surface area contributed by atoms with Gasteiger partial charge in [0.25, 0.3) is 5.91 Å². The molecule has 0 spiro atoms. The lowest BCUT2D eigenvalue weighted by Crippen LogP contribution is -2.62. The summed E-state index contributed by atoms with van der Waals surface area (Å²) >= 11 is 1.71. The maximum Gasteiger partial charge on any atom is 0.256 e. The van der Waals surface area contributed by atoms with Crippen molar-refractivity contribution in [1.29, 1.82) is 0 Å². The predicted octanol–water partition coefficient (Wildman–Crippen LogP) is 3.44. The van der Waals surface area contributed by atoms with E-state index in [4.69, 9.17) is 4.74 Å². The van der Waals surface area contributed by atoms with Crippen molar-refractivity contribution in [2.24, 2.45) is 5.92 Å². The highest BCUT2D eigenvalue weighted by Crippen LogP contribution is 2.32. The van der Waals surface area contributed by atoms with Crippen molar-refractivity contribution >= 4 is 23.2 Å². The molecular weight excluding hydrogens is 384 g/mol. The Bertz CT molecular complexity index is 859. The molecule has 2 aliphatic rings. The van der Waals surface area contributed by atoms with Gasteiger partial charge < -0.3 is 14.5 Å². The van der Waals surface area contributed by atoms with Crippen LogP contribution in [0, 0.1) is 5.92 Å². The van der Waals surface area contributed by atoms with Gasteiger partial charge in [-0.25, -0.2) is 0 Å². The number of ether oxygens (including phenoxy) is 1. The van der Waals surface area contributed by atoms with Crippen molar-refractivity contribution < 1.29 is 14.3 Å². The van der Waals surface area contributed by atoms with E-state index in [1.165, 1.54) is 10.4 Å². The van der Waals surface area contributed by atoms with Crippen LogP contribution < -0.4 is 0 Å². The largest absolute Gasteiger partial charge is 0.361 e. The molecule has 1 aliphatic heterocycles.